The van der Waals surface area contributed by atoms with Gasteiger partial charge in [0.1, 0.15) is 0 Å². The molecule has 2 aliphatic rings. The van der Waals surface area contributed by atoms with Gasteiger partial charge in [0.15, 0.2) is 0 Å². The molecule has 0 N–H and O–H groups in total. The first-order valence-electron chi connectivity index (χ1n) is 25.7. The van der Waals surface area contributed by atoms with Crippen LogP contribution in [-0.4, -0.2) is 14.5 Å². The molecule has 0 bridgehead atoms. The van der Waals surface area contributed by atoms with Gasteiger partial charge in [0, 0.05) is 0 Å². The average Bonchev–Trinajstić information content (AvgIpc) is 4.34. The Balaban J connectivity index is 1.04. The number of para-hydroxylation sites is 7. The van der Waals surface area contributed by atoms with Crippen LogP contribution in [0.4, 0.5) is 66.9 Å². The summed E-state index contributed by atoms with van der Waals surface area (Å²) in [7, 11) is 0. The molecule has 0 amide bonds. The Labute approximate surface area is 456 Å². The molecule has 10 aromatic carbocycles. The summed E-state index contributed by atoms with van der Waals surface area (Å²) in [4.78, 5) is 12.5. The van der Waals surface area contributed by atoms with Gasteiger partial charge in [-0.2, -0.15) is 0 Å². The van der Waals surface area contributed by atoms with Crippen molar-refractivity contribution in [2.45, 2.75) is 5.41 Å². The molecule has 1 aliphatic carbocycles. The zero-order valence-electron chi connectivity index (χ0n) is 41.1. The number of fused-ring (bicyclic) bond motifs is 13. The van der Waals surface area contributed by atoms with Gasteiger partial charge in [0.25, 0.3) is 0 Å². The molecular weight excluding hydrogens is 1030 g/mol. The van der Waals surface area contributed by atoms with Crippen molar-refractivity contribution < 1.29 is 0 Å². The molecule has 4 heterocycles. The molecule has 7 heteroatoms. The van der Waals surface area contributed by atoms with E-state index in [0.717, 1.165) is 45.5 Å². The van der Waals surface area contributed by atoms with Crippen molar-refractivity contribution in [1.29, 1.82) is 0 Å². The molecule has 0 unspecified atom stereocenters. The number of anilines is 12. The van der Waals surface area contributed by atoms with Crippen LogP contribution in [-0.2, 0) is 5.41 Å². The fourth-order valence-corrected chi connectivity index (χ4v) is 17.2. The van der Waals surface area contributed by atoms with Crippen LogP contribution in [0.1, 0.15) is 22.3 Å². The first kappa shape index (κ1) is 44.8. The zero-order chi connectivity index (χ0) is 50.2. The number of hydrogen-bond acceptors (Lipinski definition) is 6. The summed E-state index contributed by atoms with van der Waals surface area (Å²) in [5.41, 5.74) is 15.9. The van der Waals surface area contributed by atoms with Crippen molar-refractivity contribution >= 4 is 123 Å². The molecule has 0 atom stereocenters. The second kappa shape index (κ2) is 18.3. The number of thiophene rings is 2. The second-order valence-electron chi connectivity index (χ2n) is 19.2. The number of rotatable bonds is 10. The first-order chi connectivity index (χ1) is 37.7. The van der Waals surface area contributed by atoms with E-state index in [4.69, 9.17) is 0 Å². The molecule has 360 valence electrons. The van der Waals surface area contributed by atoms with Gasteiger partial charge in [-0.05, 0) is 0 Å². The monoisotopic (exact) mass is 1070 g/mol. The Morgan fingerprint density at radius 3 is 1.28 bits per heavy atom. The Morgan fingerprint density at radius 1 is 0.329 bits per heavy atom. The minimum absolute atomic E-state index is 0.0272. The van der Waals surface area contributed by atoms with E-state index in [2.05, 4.69) is 299 Å². The fraction of sp³-hybridized carbons (Fsp3) is 0.0145. The van der Waals surface area contributed by atoms with Gasteiger partial charge >= 0.3 is 459 Å². The summed E-state index contributed by atoms with van der Waals surface area (Å²) in [5.74, 6) is 0. The molecule has 76 heavy (non-hydrogen) atoms. The predicted octanol–water partition coefficient (Wildman–Crippen LogP) is 19.7. The summed E-state index contributed by atoms with van der Waals surface area (Å²) >= 11 is 3.85. The van der Waals surface area contributed by atoms with E-state index in [1.807, 2.05) is 22.7 Å². The predicted molar refractivity (Wildman–Crippen MR) is 324 cm³/mol. The van der Waals surface area contributed by atoms with Crippen LogP contribution in [0.3, 0.4) is 0 Å². The molecule has 13 aromatic rings. The van der Waals surface area contributed by atoms with Crippen LogP contribution in [0.5, 0.6) is 0 Å². The maximum absolute atomic E-state index is 2.62. The summed E-state index contributed by atoms with van der Waals surface area (Å²) in [6.45, 7) is 0. The van der Waals surface area contributed by atoms with Gasteiger partial charge in [0.05, 0.1) is 0 Å². The van der Waals surface area contributed by atoms with Crippen LogP contribution >= 0.6 is 22.7 Å². The molecule has 15 rings (SSSR count). The number of hydrogen-bond donors (Lipinski definition) is 0. The maximum atomic E-state index is 2.62. The van der Waals surface area contributed by atoms with Crippen molar-refractivity contribution in [2.75, 3.05) is 19.6 Å². The van der Waals surface area contributed by atoms with Crippen molar-refractivity contribution in [3.05, 3.63) is 301 Å². The van der Waals surface area contributed by atoms with E-state index in [9.17, 15) is 0 Å². The fourth-order valence-electron chi connectivity index (χ4n) is 11.9. The van der Waals surface area contributed by atoms with Crippen LogP contribution in [0, 0.1) is 0 Å². The van der Waals surface area contributed by atoms with Crippen LogP contribution in [0.15, 0.2) is 279 Å². The molecule has 1 aliphatic heterocycles. The summed E-state index contributed by atoms with van der Waals surface area (Å²) < 4.78 is 2.84. The Hall–Kier alpha value is -8.68. The van der Waals surface area contributed by atoms with Gasteiger partial charge in [-0.3, -0.25) is 0 Å². The SMILES string of the molecule is c1ccc(N(c2ccccc2)c2cccc(N3c4ccccc4C4(c5cc(N(c6ccccc6)c6ccccc6)sc5-c5sc(N(c6ccccc6)c6ccccc6)cc54)c4ccc5c([se]c6ccccc65)c43)c2)cc1. The van der Waals surface area contributed by atoms with Crippen molar-refractivity contribution in [3.63, 3.8) is 0 Å². The quantitative estimate of drug-likeness (QED) is 0.127. The van der Waals surface area contributed by atoms with Crippen LogP contribution in [0.2, 0.25) is 0 Å². The van der Waals surface area contributed by atoms with Gasteiger partial charge in [-0.1, -0.05) is 0 Å². The third kappa shape index (κ3) is 7.01. The number of nitrogens with zero attached hydrogens (tertiary/aromatic N) is 4. The van der Waals surface area contributed by atoms with Crippen molar-refractivity contribution in [3.8, 4) is 9.75 Å². The first-order valence-corrected chi connectivity index (χ1v) is 29.0. The molecule has 0 fully saturated rings. The standard InChI is InChI=1S/C69H46N4S2Se/c1-7-24-47(25-8-1)70(48-26-9-2-10-27-48)53-36-23-37-54(44-53)73-61-40-21-20-39-57(61)69(58-43-42-56-55-38-19-22-41-62(55)76-68(56)65(58)73)59-45-63(71(49-28-11-3-12-29-49)50-30-13-4-14-31-50)74-66(59)67-60(69)46-64(75-67)72(51-32-15-5-16-33-51)52-34-17-6-18-35-52/h1-46H. The topological polar surface area (TPSA) is 13.0 Å². The van der Waals surface area contributed by atoms with E-state index < -0.39 is 5.41 Å². The Bertz CT molecular complexity index is 4010. The normalized spacial score (nSPS) is 12.8. The van der Waals surface area contributed by atoms with E-state index >= 15 is 0 Å². The van der Waals surface area contributed by atoms with Crippen molar-refractivity contribution in [2.24, 2.45) is 0 Å². The van der Waals surface area contributed by atoms with Gasteiger partial charge in [0.2, 0.25) is 0 Å². The zero-order valence-corrected chi connectivity index (χ0v) is 44.4. The molecule has 3 aromatic heterocycles. The van der Waals surface area contributed by atoms with Gasteiger partial charge < -0.3 is 0 Å². The van der Waals surface area contributed by atoms with Crippen molar-refractivity contribution in [1.82, 2.24) is 0 Å². The molecule has 0 saturated heterocycles. The molecular formula is C69H46N4S2Se. The molecule has 4 nitrogen and oxygen atoms in total. The van der Waals surface area contributed by atoms with E-state index in [1.165, 1.54) is 72.7 Å². The Morgan fingerprint density at radius 2 is 0.763 bits per heavy atom. The van der Waals surface area contributed by atoms with Crippen LogP contribution in [0.25, 0.3) is 29.0 Å². The van der Waals surface area contributed by atoms with Gasteiger partial charge in [-0.15, -0.1) is 0 Å². The minimum atomic E-state index is -0.688. The summed E-state index contributed by atoms with van der Waals surface area (Å²) in [6, 6.07) is 103. The van der Waals surface area contributed by atoms with E-state index in [1.54, 1.807) is 0 Å². The molecule has 0 saturated carbocycles. The average molecular weight is 1070 g/mol. The van der Waals surface area contributed by atoms with E-state index in [-0.39, 0.29) is 14.5 Å². The second-order valence-corrected chi connectivity index (χ2v) is 23.5. The van der Waals surface area contributed by atoms with Gasteiger partial charge in [-0.25, -0.2) is 0 Å². The third-order valence-electron chi connectivity index (χ3n) is 15.0. The van der Waals surface area contributed by atoms with E-state index in [0.29, 0.717) is 0 Å². The Kier molecular flexibility index (Phi) is 10.8. The summed E-state index contributed by atoms with van der Waals surface area (Å²) in [6.07, 6.45) is 0. The molecule has 1 spiro atoms. The molecule has 0 radical (unpaired) electrons. The van der Waals surface area contributed by atoms with Crippen LogP contribution < -0.4 is 19.6 Å². The number of benzene rings is 10. The summed E-state index contributed by atoms with van der Waals surface area (Å²) in [5, 5.41) is 5.03. The third-order valence-corrected chi connectivity index (χ3v) is 19.9.